The van der Waals surface area contributed by atoms with E-state index in [1.165, 1.54) is 16.0 Å². The predicted octanol–water partition coefficient (Wildman–Crippen LogP) is 2.84. The van der Waals surface area contributed by atoms with E-state index in [1.54, 1.807) is 11.8 Å². The number of thioether (sulfide) groups is 1. The fraction of sp³-hybridized carbons (Fsp3) is 0.353. The van der Waals surface area contributed by atoms with Crippen molar-refractivity contribution >= 4 is 23.7 Å². The van der Waals surface area contributed by atoms with Gasteiger partial charge in [-0.1, -0.05) is 42.7 Å². The average molecular weight is 300 g/mol. The molecule has 21 heavy (non-hydrogen) atoms. The molecule has 0 bridgehead atoms. The molecule has 2 N–H and O–H groups in total. The van der Waals surface area contributed by atoms with Crippen LogP contribution in [-0.4, -0.2) is 17.7 Å². The molecular formula is C17H20N2OS. The molecule has 2 rings (SSSR count). The fourth-order valence-corrected chi connectivity index (χ4v) is 3.22. The molecule has 1 saturated heterocycles. The topological polar surface area (TPSA) is 41.1 Å². The van der Waals surface area contributed by atoms with E-state index >= 15 is 0 Å². The molecular weight excluding hydrogens is 280 g/mol. The van der Waals surface area contributed by atoms with Gasteiger partial charge in [0.05, 0.1) is 11.8 Å². The molecule has 1 amide bonds. The lowest BCUT2D eigenvalue weighted by Gasteiger charge is -2.30. The van der Waals surface area contributed by atoms with Crippen molar-refractivity contribution in [1.29, 1.82) is 0 Å². The van der Waals surface area contributed by atoms with Crippen LogP contribution in [0.5, 0.6) is 0 Å². The molecule has 2 atom stereocenters. The van der Waals surface area contributed by atoms with Crippen LogP contribution >= 0.6 is 11.8 Å². The van der Waals surface area contributed by atoms with Gasteiger partial charge in [0.1, 0.15) is 0 Å². The minimum Gasteiger partial charge on any atom is -0.291 e. The Hall–Kier alpha value is -1.70. The number of benzene rings is 1. The zero-order valence-electron chi connectivity index (χ0n) is 12.3. The number of carbonyl (C=O) groups is 1. The first-order valence-electron chi connectivity index (χ1n) is 6.99. The van der Waals surface area contributed by atoms with Gasteiger partial charge >= 0.3 is 0 Å². The van der Waals surface area contributed by atoms with Crippen molar-refractivity contribution in [2.24, 2.45) is 5.92 Å². The first kappa shape index (κ1) is 15.7. The second-order valence-corrected chi connectivity index (χ2v) is 6.29. The maximum absolute atomic E-state index is 11.4. The highest BCUT2D eigenvalue weighted by Gasteiger charge is 2.26. The van der Waals surface area contributed by atoms with Crippen molar-refractivity contribution in [2.75, 3.05) is 5.75 Å². The minimum atomic E-state index is 0.0523. The first-order chi connectivity index (χ1) is 10.1. The van der Waals surface area contributed by atoms with Gasteiger partial charge in [-0.15, -0.1) is 18.2 Å². The Bertz CT molecular complexity index is 589. The van der Waals surface area contributed by atoms with Crippen LogP contribution in [0.4, 0.5) is 0 Å². The lowest BCUT2D eigenvalue weighted by atomic mass is 9.90. The molecule has 3 nitrogen and oxygen atoms in total. The molecule has 1 aliphatic rings. The summed E-state index contributed by atoms with van der Waals surface area (Å²) in [7, 11) is 0. The maximum Gasteiger partial charge on any atom is 0.234 e. The zero-order valence-corrected chi connectivity index (χ0v) is 13.2. The van der Waals surface area contributed by atoms with Crippen LogP contribution in [0.25, 0.3) is 6.08 Å². The van der Waals surface area contributed by atoms with E-state index in [2.05, 4.69) is 48.8 Å². The highest BCUT2D eigenvalue weighted by Crippen LogP contribution is 2.26. The normalized spacial score (nSPS) is 22.5. The highest BCUT2D eigenvalue weighted by molar-refractivity contribution is 7.99. The summed E-state index contributed by atoms with van der Waals surface area (Å²) >= 11 is 1.67. The monoisotopic (exact) mass is 300 g/mol. The van der Waals surface area contributed by atoms with Gasteiger partial charge in [0.2, 0.25) is 5.91 Å². The van der Waals surface area contributed by atoms with Crippen LogP contribution in [0.2, 0.25) is 0 Å². The number of rotatable bonds is 4. The smallest absolute Gasteiger partial charge is 0.234 e. The Morgan fingerprint density at radius 1 is 1.52 bits per heavy atom. The summed E-state index contributed by atoms with van der Waals surface area (Å²) in [6.45, 7) is 4.18. The summed E-state index contributed by atoms with van der Waals surface area (Å²) < 4.78 is 0. The Morgan fingerprint density at radius 3 is 3.00 bits per heavy atom. The van der Waals surface area contributed by atoms with E-state index in [4.69, 9.17) is 6.42 Å². The van der Waals surface area contributed by atoms with E-state index in [0.29, 0.717) is 12.2 Å². The van der Waals surface area contributed by atoms with Gasteiger partial charge < -0.3 is 0 Å². The molecule has 1 fully saturated rings. The summed E-state index contributed by atoms with van der Waals surface area (Å²) in [5.41, 5.74) is 8.18. The molecule has 4 heteroatoms. The predicted molar refractivity (Wildman–Crippen MR) is 88.5 cm³/mol. The molecule has 0 aromatic heterocycles. The van der Waals surface area contributed by atoms with E-state index in [0.717, 1.165) is 0 Å². The molecule has 0 saturated carbocycles. The number of terminal acetylenes is 1. The van der Waals surface area contributed by atoms with Gasteiger partial charge in [-0.25, -0.2) is 5.43 Å². The summed E-state index contributed by atoms with van der Waals surface area (Å²) in [4.78, 5) is 12.5. The van der Waals surface area contributed by atoms with Crippen molar-refractivity contribution in [2.45, 2.75) is 31.2 Å². The van der Waals surface area contributed by atoms with Crippen LogP contribution in [0, 0.1) is 18.3 Å². The Morgan fingerprint density at radius 2 is 2.29 bits per heavy atom. The summed E-state index contributed by atoms with van der Waals surface area (Å²) in [5, 5.41) is 0. The van der Waals surface area contributed by atoms with E-state index < -0.39 is 0 Å². The van der Waals surface area contributed by atoms with Crippen molar-refractivity contribution in [1.82, 2.24) is 10.9 Å². The Kier molecular flexibility index (Phi) is 5.49. The number of carbonyl (C=O) groups excluding carboxylic acids is 1. The molecule has 0 spiro atoms. The standard InChI is InChI=1S/C17H20N2OS/c1-4-9-21-15-8-6-5-7-14(15)10-12(2)17-13(3)11-16(20)18-19-17/h1,5-8,10,13,17,19H,9,11H2,2-3H3,(H,18,20)/b12-10+. The zero-order chi connectivity index (χ0) is 15.2. The molecule has 110 valence electrons. The van der Waals surface area contributed by atoms with E-state index in [-0.39, 0.29) is 17.9 Å². The number of hydrogen-bond donors (Lipinski definition) is 2. The van der Waals surface area contributed by atoms with Gasteiger partial charge in [0.15, 0.2) is 0 Å². The van der Waals surface area contributed by atoms with Crippen molar-refractivity contribution in [3.63, 3.8) is 0 Å². The van der Waals surface area contributed by atoms with Crippen LogP contribution < -0.4 is 10.9 Å². The molecule has 2 unspecified atom stereocenters. The third-order valence-corrected chi connectivity index (χ3v) is 4.54. The van der Waals surface area contributed by atoms with Crippen LogP contribution in [0.15, 0.2) is 34.7 Å². The van der Waals surface area contributed by atoms with E-state index in [1.807, 2.05) is 12.1 Å². The fourth-order valence-electron chi connectivity index (χ4n) is 2.51. The summed E-state index contributed by atoms with van der Waals surface area (Å²) in [6.07, 6.45) is 8.06. The maximum atomic E-state index is 11.4. The summed E-state index contributed by atoms with van der Waals surface area (Å²) in [6, 6.07) is 8.38. The molecule has 0 radical (unpaired) electrons. The van der Waals surface area contributed by atoms with Gasteiger partial charge in [-0.05, 0) is 24.5 Å². The molecule has 1 heterocycles. The molecule has 1 aromatic carbocycles. The van der Waals surface area contributed by atoms with Crippen LogP contribution in [0.1, 0.15) is 25.8 Å². The third-order valence-electron chi connectivity index (χ3n) is 3.55. The van der Waals surface area contributed by atoms with Gasteiger partial charge in [0.25, 0.3) is 0 Å². The molecule has 1 aromatic rings. The third kappa shape index (κ3) is 4.13. The lowest BCUT2D eigenvalue weighted by Crippen LogP contribution is -2.53. The van der Waals surface area contributed by atoms with Crippen molar-refractivity contribution in [3.05, 3.63) is 35.4 Å². The SMILES string of the molecule is C#CCSc1ccccc1/C=C(\C)C1NNC(=O)CC1C. The van der Waals surface area contributed by atoms with Gasteiger partial charge in [0, 0.05) is 11.3 Å². The van der Waals surface area contributed by atoms with Crippen molar-refractivity contribution < 1.29 is 4.79 Å². The first-order valence-corrected chi connectivity index (χ1v) is 7.98. The largest absolute Gasteiger partial charge is 0.291 e. The lowest BCUT2D eigenvalue weighted by molar-refractivity contribution is -0.125. The quantitative estimate of drug-likeness (QED) is 0.663. The van der Waals surface area contributed by atoms with Crippen LogP contribution in [0.3, 0.4) is 0 Å². The van der Waals surface area contributed by atoms with Gasteiger partial charge in [-0.2, -0.15) is 0 Å². The molecule has 0 aliphatic carbocycles. The second-order valence-electron chi connectivity index (χ2n) is 5.27. The Balaban J connectivity index is 2.19. The number of amides is 1. The minimum absolute atomic E-state index is 0.0523. The average Bonchev–Trinajstić information content (AvgIpc) is 2.46. The highest BCUT2D eigenvalue weighted by atomic mass is 32.2. The second kappa shape index (κ2) is 7.35. The van der Waals surface area contributed by atoms with Crippen molar-refractivity contribution in [3.8, 4) is 12.3 Å². The number of nitrogens with one attached hydrogen (secondary N) is 2. The van der Waals surface area contributed by atoms with Gasteiger partial charge in [-0.3, -0.25) is 10.2 Å². The summed E-state index contributed by atoms with van der Waals surface area (Å²) in [5.74, 6) is 3.65. The number of hydrazine groups is 1. The molecule has 1 aliphatic heterocycles. The number of hydrogen-bond acceptors (Lipinski definition) is 3. The Labute approximate surface area is 130 Å². The van der Waals surface area contributed by atoms with E-state index in [9.17, 15) is 4.79 Å². The van der Waals surface area contributed by atoms with Crippen LogP contribution in [-0.2, 0) is 4.79 Å².